The standard InChI is InChI=1S/C42H46N4O11/c47-20-34-37(51)38(52)39(53)41(57-34)56-33-16-30-26(15-32(33)49)27(17-42-12-4-3-5-24(42)18-44-29-7-2-1-6-28(29)42)36(40(54)55)46(30)35(50)11-9-22-8-10-31(48)23(13-22)14-25-19-43-21-45-25/h1-2,6-11,13,15-16,19,24,27,34,36-39,41,44,47-49,51-53H,3-5,12,14,17-18,20-21H2,(H,54,55). The minimum Gasteiger partial charge on any atom is -0.508 e. The third-order valence-electron chi connectivity index (χ3n) is 12.3. The van der Waals surface area contributed by atoms with E-state index in [1.165, 1.54) is 35.3 Å². The number of nitrogens with one attached hydrogen (secondary N) is 1. The quantitative estimate of drug-likeness (QED) is 0.139. The zero-order valence-electron chi connectivity index (χ0n) is 31.0. The van der Waals surface area contributed by atoms with Gasteiger partial charge >= 0.3 is 5.97 Å². The van der Waals surface area contributed by atoms with Crippen molar-refractivity contribution in [3.05, 3.63) is 82.9 Å². The zero-order chi connectivity index (χ0) is 40.0. The third-order valence-corrected chi connectivity index (χ3v) is 12.3. The number of aliphatic hydroxyl groups is 4. The summed E-state index contributed by atoms with van der Waals surface area (Å²) in [6.45, 7) is 0.335. The summed E-state index contributed by atoms with van der Waals surface area (Å²) in [4.78, 5) is 37.6. The van der Waals surface area contributed by atoms with E-state index < -0.39 is 72.3 Å². The number of carboxylic acid groups (broad SMARTS) is 1. The van der Waals surface area contributed by atoms with E-state index in [0.29, 0.717) is 48.5 Å². The number of carboxylic acids is 1. The van der Waals surface area contributed by atoms with Gasteiger partial charge in [0.15, 0.2) is 11.5 Å². The van der Waals surface area contributed by atoms with Crippen LogP contribution in [0.15, 0.2) is 70.7 Å². The van der Waals surface area contributed by atoms with Crippen molar-refractivity contribution >= 4 is 41.3 Å². The van der Waals surface area contributed by atoms with Gasteiger partial charge in [0.2, 0.25) is 6.29 Å². The number of ether oxygens (including phenoxy) is 2. The Kier molecular flexibility index (Phi) is 10.5. The first kappa shape index (κ1) is 38.5. The highest BCUT2D eigenvalue weighted by Crippen LogP contribution is 2.57. The molecule has 5 aliphatic rings. The lowest BCUT2D eigenvalue weighted by atomic mass is 9.56. The first-order valence-electron chi connectivity index (χ1n) is 19.3. The molecule has 4 aliphatic heterocycles. The van der Waals surface area contributed by atoms with Crippen LogP contribution in [0.3, 0.4) is 0 Å². The fourth-order valence-electron chi connectivity index (χ4n) is 9.48. The smallest absolute Gasteiger partial charge is 0.327 e. The Morgan fingerprint density at radius 2 is 1.84 bits per heavy atom. The molecule has 15 nitrogen and oxygen atoms in total. The van der Waals surface area contributed by atoms with E-state index in [0.717, 1.165) is 36.9 Å². The highest BCUT2D eigenvalue weighted by atomic mass is 16.7. The van der Waals surface area contributed by atoms with Crippen LogP contribution < -0.4 is 15.0 Å². The van der Waals surface area contributed by atoms with Crippen molar-refractivity contribution in [2.75, 3.05) is 30.0 Å². The van der Waals surface area contributed by atoms with Gasteiger partial charge < -0.3 is 50.5 Å². The number of phenols is 2. The molecule has 3 aromatic rings. The van der Waals surface area contributed by atoms with Gasteiger partial charge in [-0.05, 0) is 72.2 Å². The van der Waals surface area contributed by atoms with Crippen LogP contribution in [0, 0.1) is 5.92 Å². The van der Waals surface area contributed by atoms with Crippen LogP contribution in [0.4, 0.5) is 11.4 Å². The van der Waals surface area contributed by atoms with E-state index >= 15 is 0 Å². The summed E-state index contributed by atoms with van der Waals surface area (Å²) in [5.74, 6) is -3.16. The van der Waals surface area contributed by atoms with Crippen LogP contribution in [-0.4, -0.2) is 116 Å². The Labute approximate surface area is 328 Å². The maximum absolute atomic E-state index is 14.5. The molecule has 9 unspecified atom stereocenters. The molecule has 0 spiro atoms. The Bertz CT molecular complexity index is 2140. The SMILES string of the molecule is O=C(O)C1C(CC23CCCCC2CNc2ccccc23)c2cc(O)c(OC3OC(CO)C(O)C(O)C3O)cc2N1C(=O)C=Cc1ccc(O)c(CC2=NCN=C2)c1. The number of hydrogen-bond acceptors (Lipinski definition) is 13. The predicted octanol–water partition coefficient (Wildman–Crippen LogP) is 2.84. The zero-order valence-corrected chi connectivity index (χ0v) is 31.0. The van der Waals surface area contributed by atoms with Gasteiger partial charge in [-0.2, -0.15) is 0 Å². The number of carbonyl (C=O) groups is 2. The van der Waals surface area contributed by atoms with Crippen LogP contribution in [-0.2, 0) is 26.2 Å². The topological polar surface area (TPSA) is 234 Å². The van der Waals surface area contributed by atoms with Crippen LogP contribution in [0.5, 0.6) is 17.2 Å². The monoisotopic (exact) mass is 782 g/mol. The molecule has 1 saturated heterocycles. The molecule has 0 aromatic heterocycles. The van der Waals surface area contributed by atoms with E-state index in [1.54, 1.807) is 18.3 Å². The number of aliphatic imine (C=N–C) groups is 2. The van der Waals surface area contributed by atoms with Crippen molar-refractivity contribution in [3.8, 4) is 17.2 Å². The molecule has 3 aromatic carbocycles. The molecule has 1 aliphatic carbocycles. The average molecular weight is 783 g/mol. The van der Waals surface area contributed by atoms with Gasteiger partial charge in [0.05, 0.1) is 18.0 Å². The minimum atomic E-state index is -1.79. The summed E-state index contributed by atoms with van der Waals surface area (Å²) in [6, 6.07) is 14.2. The molecule has 57 heavy (non-hydrogen) atoms. The van der Waals surface area contributed by atoms with Crippen LogP contribution in [0.2, 0.25) is 0 Å². The second kappa shape index (κ2) is 15.6. The molecule has 0 radical (unpaired) electrons. The highest BCUT2D eigenvalue weighted by Gasteiger charge is 2.54. The summed E-state index contributed by atoms with van der Waals surface area (Å²) >= 11 is 0. The second-order valence-corrected chi connectivity index (χ2v) is 15.5. The number of aliphatic carboxylic acids is 1. The summed E-state index contributed by atoms with van der Waals surface area (Å²) in [5.41, 5.74) is 4.08. The number of carbonyl (C=O) groups excluding carboxylic acids is 1. The van der Waals surface area contributed by atoms with Gasteiger partial charge in [0.25, 0.3) is 5.91 Å². The number of aromatic hydroxyl groups is 2. The van der Waals surface area contributed by atoms with E-state index in [1.807, 2.05) is 18.2 Å². The highest BCUT2D eigenvalue weighted by molar-refractivity contribution is 6.32. The van der Waals surface area contributed by atoms with Crippen molar-refractivity contribution in [1.29, 1.82) is 0 Å². The van der Waals surface area contributed by atoms with Gasteiger partial charge in [-0.15, -0.1) is 0 Å². The van der Waals surface area contributed by atoms with Crippen molar-refractivity contribution in [1.82, 2.24) is 0 Å². The largest absolute Gasteiger partial charge is 0.508 e. The number of aliphatic hydroxyl groups excluding tert-OH is 4. The molecule has 300 valence electrons. The van der Waals surface area contributed by atoms with E-state index in [-0.39, 0.29) is 23.1 Å². The first-order chi connectivity index (χ1) is 27.5. The number of para-hydroxylation sites is 1. The molecule has 9 atom stereocenters. The minimum absolute atomic E-state index is 0.0512. The number of anilines is 2. The Hall–Kier alpha value is -5.32. The molecular formula is C42H46N4O11. The van der Waals surface area contributed by atoms with Crippen LogP contribution in [0.1, 0.15) is 60.3 Å². The van der Waals surface area contributed by atoms with Gasteiger partial charge in [-0.25, -0.2) is 4.79 Å². The van der Waals surface area contributed by atoms with Crippen molar-refractivity contribution < 1.29 is 54.8 Å². The molecule has 0 bridgehead atoms. The molecule has 15 heteroatoms. The van der Waals surface area contributed by atoms with Crippen molar-refractivity contribution in [3.63, 3.8) is 0 Å². The number of fused-ring (bicyclic) bond motifs is 4. The number of benzene rings is 3. The number of hydrogen-bond donors (Lipinski definition) is 8. The molecule has 4 heterocycles. The third kappa shape index (κ3) is 7.03. The molecule has 2 fully saturated rings. The van der Waals surface area contributed by atoms with E-state index in [2.05, 4.69) is 21.4 Å². The fourth-order valence-corrected chi connectivity index (χ4v) is 9.48. The Morgan fingerprint density at radius 1 is 1.02 bits per heavy atom. The van der Waals surface area contributed by atoms with Crippen LogP contribution >= 0.6 is 0 Å². The fraction of sp³-hybridized carbons (Fsp3) is 0.429. The van der Waals surface area contributed by atoms with Gasteiger partial charge in [-0.1, -0.05) is 37.1 Å². The Balaban J connectivity index is 1.19. The average Bonchev–Trinajstić information content (AvgIpc) is 3.84. The maximum atomic E-state index is 14.5. The van der Waals surface area contributed by atoms with Crippen molar-refractivity contribution in [2.45, 2.75) is 86.6 Å². The van der Waals surface area contributed by atoms with Gasteiger partial charge in [-0.3, -0.25) is 19.7 Å². The second-order valence-electron chi connectivity index (χ2n) is 15.5. The summed E-state index contributed by atoms with van der Waals surface area (Å²) in [6.07, 6.45) is 0.744. The van der Waals surface area contributed by atoms with Gasteiger partial charge in [0, 0.05) is 53.9 Å². The summed E-state index contributed by atoms with van der Waals surface area (Å²) in [7, 11) is 0. The van der Waals surface area contributed by atoms with Crippen LogP contribution in [0.25, 0.3) is 6.08 Å². The molecular weight excluding hydrogens is 736 g/mol. The molecule has 8 N–H and O–H groups in total. The molecule has 1 saturated carbocycles. The van der Waals surface area contributed by atoms with Crippen molar-refractivity contribution in [2.24, 2.45) is 15.9 Å². The summed E-state index contributed by atoms with van der Waals surface area (Å²) < 4.78 is 11.4. The van der Waals surface area contributed by atoms with Gasteiger partial charge in [0.1, 0.15) is 42.9 Å². The lowest BCUT2D eigenvalue weighted by Gasteiger charge is -2.50. The normalized spacial score (nSPS) is 30.3. The first-order valence-corrected chi connectivity index (χ1v) is 19.3. The van der Waals surface area contributed by atoms with E-state index in [9.17, 15) is 45.3 Å². The number of nitrogens with zero attached hydrogens (tertiary/aromatic N) is 3. The molecule has 8 rings (SSSR count). The lowest BCUT2D eigenvalue weighted by Crippen LogP contribution is -2.60. The predicted molar refractivity (Wildman–Crippen MR) is 209 cm³/mol. The number of rotatable bonds is 10. The maximum Gasteiger partial charge on any atom is 0.327 e. The Morgan fingerprint density at radius 3 is 2.61 bits per heavy atom. The molecule has 1 amide bonds. The number of phenolic OH excluding ortho intramolecular Hbond substituents is 2. The number of amides is 1. The summed E-state index contributed by atoms with van der Waals surface area (Å²) in [5, 5.41) is 77.7. The van der Waals surface area contributed by atoms with E-state index in [4.69, 9.17) is 9.47 Å². The lowest BCUT2D eigenvalue weighted by molar-refractivity contribution is -0.277.